The fourth-order valence-corrected chi connectivity index (χ4v) is 1.11. The maximum absolute atomic E-state index is 5.48. The van der Waals surface area contributed by atoms with E-state index in [0.29, 0.717) is 6.10 Å². The smallest absolute Gasteiger partial charge is 0.0712 e. The van der Waals surface area contributed by atoms with E-state index in [4.69, 9.17) is 4.74 Å². The van der Waals surface area contributed by atoms with Crippen LogP contribution in [0, 0.1) is 0 Å². The second kappa shape index (κ2) is 4.66. The van der Waals surface area contributed by atoms with Gasteiger partial charge in [-0.15, -0.1) is 0 Å². The molecule has 60 valence electrons. The van der Waals surface area contributed by atoms with E-state index in [0.717, 1.165) is 32.7 Å². The van der Waals surface area contributed by atoms with Crippen molar-refractivity contribution in [1.29, 1.82) is 0 Å². The highest BCUT2D eigenvalue weighted by molar-refractivity contribution is 4.67. The van der Waals surface area contributed by atoms with Gasteiger partial charge in [0.2, 0.25) is 0 Å². The molecule has 0 aromatic carbocycles. The van der Waals surface area contributed by atoms with Gasteiger partial charge >= 0.3 is 0 Å². The van der Waals surface area contributed by atoms with Crippen LogP contribution in [0.5, 0.6) is 0 Å². The first kappa shape index (κ1) is 7.98. The van der Waals surface area contributed by atoms with Crippen LogP contribution < -0.4 is 10.6 Å². The Bertz CT molecular complexity index is 81.7. The normalized spacial score (nSPS) is 26.7. The molecule has 1 aliphatic heterocycles. The lowest BCUT2D eigenvalue weighted by molar-refractivity contribution is 0.0241. The lowest BCUT2D eigenvalue weighted by Gasteiger charge is -2.23. The van der Waals surface area contributed by atoms with Gasteiger partial charge in [0.25, 0.3) is 0 Å². The Balaban J connectivity index is 2.02. The van der Waals surface area contributed by atoms with E-state index in [9.17, 15) is 0 Å². The lowest BCUT2D eigenvalue weighted by Crippen LogP contribution is -2.39. The second-order valence-corrected chi connectivity index (χ2v) is 2.59. The fourth-order valence-electron chi connectivity index (χ4n) is 1.11. The minimum absolute atomic E-state index is 0.432. The van der Waals surface area contributed by atoms with Gasteiger partial charge in [-0.05, 0) is 20.0 Å². The summed E-state index contributed by atoms with van der Waals surface area (Å²) < 4.78 is 5.48. The molecule has 1 atom stereocenters. The highest BCUT2D eigenvalue weighted by Gasteiger charge is 2.11. The Hall–Kier alpha value is -0.120. The van der Waals surface area contributed by atoms with E-state index in [-0.39, 0.29) is 0 Å². The molecule has 1 saturated heterocycles. The molecule has 0 radical (unpaired) electrons. The van der Waals surface area contributed by atoms with Crippen molar-refractivity contribution in [3.63, 3.8) is 0 Å². The van der Waals surface area contributed by atoms with Crippen LogP contribution in [0.1, 0.15) is 6.42 Å². The molecule has 0 saturated carbocycles. The minimum atomic E-state index is 0.432. The molecule has 1 fully saturated rings. The van der Waals surface area contributed by atoms with E-state index in [1.165, 1.54) is 0 Å². The zero-order chi connectivity index (χ0) is 7.23. The van der Waals surface area contributed by atoms with Crippen molar-refractivity contribution >= 4 is 0 Å². The van der Waals surface area contributed by atoms with Crippen LogP contribution in [0.15, 0.2) is 0 Å². The van der Waals surface area contributed by atoms with Crippen molar-refractivity contribution in [3.8, 4) is 0 Å². The number of morpholine rings is 1. The van der Waals surface area contributed by atoms with Gasteiger partial charge in [0.05, 0.1) is 12.7 Å². The summed E-state index contributed by atoms with van der Waals surface area (Å²) >= 11 is 0. The molecular formula is C7H16N2O. The number of rotatable bonds is 3. The molecule has 0 aromatic heterocycles. The van der Waals surface area contributed by atoms with Crippen LogP contribution in [-0.4, -0.2) is 39.4 Å². The van der Waals surface area contributed by atoms with Crippen molar-refractivity contribution in [2.45, 2.75) is 12.5 Å². The first-order chi connectivity index (χ1) is 4.93. The molecule has 3 heteroatoms. The summed E-state index contributed by atoms with van der Waals surface area (Å²) in [5.41, 5.74) is 0. The molecule has 0 aromatic rings. The van der Waals surface area contributed by atoms with Crippen molar-refractivity contribution in [2.75, 3.05) is 33.3 Å². The molecule has 2 N–H and O–H groups in total. The van der Waals surface area contributed by atoms with Crippen LogP contribution in [0.3, 0.4) is 0 Å². The van der Waals surface area contributed by atoms with Gasteiger partial charge in [0.15, 0.2) is 0 Å². The van der Waals surface area contributed by atoms with Crippen molar-refractivity contribution in [2.24, 2.45) is 0 Å². The Labute approximate surface area is 62.1 Å². The van der Waals surface area contributed by atoms with Gasteiger partial charge in [-0.1, -0.05) is 0 Å². The molecule has 3 nitrogen and oxygen atoms in total. The third-order valence-electron chi connectivity index (χ3n) is 1.72. The molecule has 1 rings (SSSR count). The highest BCUT2D eigenvalue weighted by Crippen LogP contribution is 1.99. The number of ether oxygens (including phenoxy) is 1. The number of hydrogen-bond donors (Lipinski definition) is 2. The van der Waals surface area contributed by atoms with Crippen molar-refractivity contribution < 1.29 is 4.74 Å². The maximum Gasteiger partial charge on any atom is 0.0712 e. The molecule has 10 heavy (non-hydrogen) atoms. The monoisotopic (exact) mass is 144 g/mol. The van der Waals surface area contributed by atoms with Gasteiger partial charge in [0.1, 0.15) is 0 Å². The predicted octanol–water partition coefficient (Wildman–Crippen LogP) is -0.416. The maximum atomic E-state index is 5.48. The van der Waals surface area contributed by atoms with Crippen LogP contribution in [0.2, 0.25) is 0 Å². The second-order valence-electron chi connectivity index (χ2n) is 2.59. The zero-order valence-electron chi connectivity index (χ0n) is 6.52. The Kier molecular flexibility index (Phi) is 3.72. The van der Waals surface area contributed by atoms with Gasteiger partial charge in [-0.3, -0.25) is 0 Å². The molecule has 0 amide bonds. The van der Waals surface area contributed by atoms with E-state index in [1.54, 1.807) is 0 Å². The Morgan fingerprint density at radius 2 is 2.60 bits per heavy atom. The standard InChI is InChI=1S/C7H16N2O/c1-8-3-2-7-6-9-4-5-10-7/h7-9H,2-6H2,1H3/t7-/m1/s1. The average molecular weight is 144 g/mol. The first-order valence-corrected chi connectivity index (χ1v) is 3.90. The van der Waals surface area contributed by atoms with Crippen LogP contribution >= 0.6 is 0 Å². The predicted molar refractivity (Wildman–Crippen MR) is 41.2 cm³/mol. The summed E-state index contributed by atoms with van der Waals surface area (Å²) in [7, 11) is 1.97. The molecule has 1 aliphatic rings. The van der Waals surface area contributed by atoms with Gasteiger partial charge in [-0.2, -0.15) is 0 Å². The highest BCUT2D eigenvalue weighted by atomic mass is 16.5. The quantitative estimate of drug-likeness (QED) is 0.564. The molecule has 0 bridgehead atoms. The van der Waals surface area contributed by atoms with E-state index >= 15 is 0 Å². The molecule has 0 aliphatic carbocycles. The average Bonchev–Trinajstić information content (AvgIpc) is 2.03. The number of hydrogen-bond acceptors (Lipinski definition) is 3. The molecule has 0 spiro atoms. The van der Waals surface area contributed by atoms with Crippen LogP contribution in [0.25, 0.3) is 0 Å². The molecular weight excluding hydrogens is 128 g/mol. The SMILES string of the molecule is CNCC[C@@H]1CNCCO1. The zero-order valence-corrected chi connectivity index (χ0v) is 6.52. The summed E-state index contributed by atoms with van der Waals surface area (Å²) in [5.74, 6) is 0. The largest absolute Gasteiger partial charge is 0.376 e. The summed E-state index contributed by atoms with van der Waals surface area (Å²) in [6.07, 6.45) is 1.55. The van der Waals surface area contributed by atoms with E-state index in [2.05, 4.69) is 10.6 Å². The van der Waals surface area contributed by atoms with Gasteiger partial charge in [0, 0.05) is 13.1 Å². The summed E-state index contributed by atoms with van der Waals surface area (Å²) in [6, 6.07) is 0. The fraction of sp³-hybridized carbons (Fsp3) is 1.00. The van der Waals surface area contributed by atoms with Crippen molar-refractivity contribution in [3.05, 3.63) is 0 Å². The van der Waals surface area contributed by atoms with Gasteiger partial charge in [-0.25, -0.2) is 0 Å². The summed E-state index contributed by atoms with van der Waals surface area (Å²) in [6.45, 7) is 3.94. The molecule has 1 heterocycles. The third kappa shape index (κ3) is 2.64. The topological polar surface area (TPSA) is 33.3 Å². The van der Waals surface area contributed by atoms with Crippen molar-refractivity contribution in [1.82, 2.24) is 10.6 Å². The Morgan fingerprint density at radius 3 is 3.20 bits per heavy atom. The summed E-state index contributed by atoms with van der Waals surface area (Å²) in [4.78, 5) is 0. The third-order valence-corrected chi connectivity index (χ3v) is 1.72. The molecule has 0 unspecified atom stereocenters. The van der Waals surface area contributed by atoms with Gasteiger partial charge < -0.3 is 15.4 Å². The lowest BCUT2D eigenvalue weighted by atomic mass is 10.2. The Morgan fingerprint density at radius 1 is 1.70 bits per heavy atom. The minimum Gasteiger partial charge on any atom is -0.376 e. The van der Waals surface area contributed by atoms with Crippen LogP contribution in [-0.2, 0) is 4.74 Å². The summed E-state index contributed by atoms with van der Waals surface area (Å²) in [5, 5.41) is 6.40. The van der Waals surface area contributed by atoms with E-state index < -0.39 is 0 Å². The van der Waals surface area contributed by atoms with Crippen LogP contribution in [0.4, 0.5) is 0 Å². The number of nitrogens with one attached hydrogen (secondary N) is 2. The van der Waals surface area contributed by atoms with E-state index in [1.807, 2.05) is 7.05 Å². The first-order valence-electron chi connectivity index (χ1n) is 3.90.